The van der Waals surface area contributed by atoms with Crippen LogP contribution in [0, 0.1) is 30.0 Å². The standard InChI is InChI=1S/C57H73FN14O7S/c1-35-10-12-38(13-11-35)51(74)44-34-80-55(64-44)46-9-7-20-71(46)57(77)50(65-54(75)36(2)61-3)37-16-21-69(22-17-37)25-27-79-29-28-78-26-18-48(73)67(4)23-24-72-47-33-68(5)56(76)40-15-14-39(58)30-41(40)45-8-6-19-70(45)53-52(60)62-32-43(63-53)49(47)42(31-59)66-72/h10-15,30,32,36-37,44-46,50,61H,6-9,16-29,33-34H2,1-5H3,(H2,60,62)(H,65,75)/t36-,44?,45-,46-,50-/m1/s1. The number of piperidine rings is 1. The summed E-state index contributed by atoms with van der Waals surface area (Å²) >= 11 is 1.56. The van der Waals surface area contributed by atoms with Gasteiger partial charge in [0.2, 0.25) is 17.7 Å². The number of likely N-dealkylation sites (N-methyl/N-ethyl adjacent to an activating group) is 2. The highest BCUT2D eigenvalue weighted by atomic mass is 32.2. The highest BCUT2D eigenvalue weighted by Gasteiger charge is 2.43. The maximum absolute atomic E-state index is 14.8. The predicted molar refractivity (Wildman–Crippen MR) is 301 cm³/mol. The summed E-state index contributed by atoms with van der Waals surface area (Å²) in [5.74, 6) is -0.234. The van der Waals surface area contributed by atoms with Crippen LogP contribution in [0.3, 0.4) is 0 Å². The van der Waals surface area contributed by atoms with Crippen LogP contribution in [0.4, 0.5) is 16.0 Å². The maximum atomic E-state index is 14.8. The predicted octanol–water partition coefficient (Wildman–Crippen LogP) is 4.24. The molecular weight excluding hydrogens is 1040 g/mol. The van der Waals surface area contributed by atoms with Crippen LogP contribution in [0.25, 0.3) is 11.3 Å². The molecule has 4 aromatic rings. The molecule has 80 heavy (non-hydrogen) atoms. The van der Waals surface area contributed by atoms with Gasteiger partial charge in [-0.3, -0.25) is 33.6 Å². The minimum Gasteiger partial charge on any atom is -0.381 e. The number of thioether (sulfide) groups is 1. The molecule has 4 N–H and O–H groups in total. The quantitative estimate of drug-likeness (QED) is 0.0827. The van der Waals surface area contributed by atoms with Gasteiger partial charge in [-0.15, -0.1) is 11.8 Å². The molecule has 1 unspecified atom stereocenters. The van der Waals surface area contributed by atoms with Gasteiger partial charge in [0.15, 0.2) is 23.1 Å². The second-order valence-corrected chi connectivity index (χ2v) is 22.4. The molecule has 5 aliphatic rings. The molecule has 9 rings (SSSR count). The van der Waals surface area contributed by atoms with Crippen LogP contribution >= 0.6 is 11.8 Å². The van der Waals surface area contributed by atoms with Crippen LogP contribution in [-0.4, -0.2) is 191 Å². The number of carbonyl (C=O) groups excluding carboxylic acids is 5. The molecule has 23 heteroatoms. The van der Waals surface area contributed by atoms with Crippen LogP contribution < -0.4 is 21.3 Å². The Bertz CT molecular complexity index is 3000. The number of nitrogens with two attached hydrogens (primary N) is 1. The SMILES string of the molecule is CN[C@H](C)C(=O)N[C@@H](C(=O)N1CCC[C@@H]1C1=NC(C(=O)c2ccc(C)cc2)CS1)C1CCN(CCOCCOCCC(=O)N(C)CCn2nc(C#N)c3c2CN(C)C(=O)c2ccc(F)cc2[C@H]2CCCN2c2nc-3cnc2N)CC1. The monoisotopic (exact) mass is 1120 g/mol. The van der Waals surface area contributed by atoms with E-state index in [0.717, 1.165) is 55.8 Å². The number of amides is 4. The number of nitrogens with zero attached hydrogens (tertiary/aromatic N) is 11. The Morgan fingerprint density at radius 1 is 0.975 bits per heavy atom. The zero-order chi connectivity index (χ0) is 56.6. The van der Waals surface area contributed by atoms with Gasteiger partial charge in [-0.25, -0.2) is 14.4 Å². The highest BCUT2D eigenvalue weighted by Crippen LogP contribution is 2.41. The van der Waals surface area contributed by atoms with E-state index < -0.39 is 23.9 Å². The van der Waals surface area contributed by atoms with Crippen LogP contribution in [0.2, 0.25) is 0 Å². The maximum Gasteiger partial charge on any atom is 0.254 e. The van der Waals surface area contributed by atoms with Crippen LogP contribution in [0.15, 0.2) is 53.7 Å². The fraction of sp³-hybridized carbons (Fsp3) is 0.544. The molecule has 5 aliphatic heterocycles. The normalized spacial score (nSPS) is 20.2. The fourth-order valence-electron chi connectivity index (χ4n) is 11.4. The van der Waals surface area contributed by atoms with Crippen molar-refractivity contribution in [1.82, 2.24) is 50.0 Å². The number of halogens is 1. The number of nitriles is 1. The first kappa shape index (κ1) is 57.8. The third kappa shape index (κ3) is 13.0. The lowest BCUT2D eigenvalue weighted by Gasteiger charge is -2.38. The number of nitrogen functional groups attached to an aromatic ring is 1. The van der Waals surface area contributed by atoms with Crippen molar-refractivity contribution in [3.63, 3.8) is 0 Å². The summed E-state index contributed by atoms with van der Waals surface area (Å²) in [6.45, 7) is 8.84. The Kier molecular flexibility index (Phi) is 18.9. The van der Waals surface area contributed by atoms with Crippen molar-refractivity contribution >= 4 is 57.9 Å². The molecule has 3 fully saturated rings. The zero-order valence-corrected chi connectivity index (χ0v) is 47.2. The number of hydrogen-bond donors (Lipinski definition) is 3. The van der Waals surface area contributed by atoms with E-state index in [9.17, 15) is 33.6 Å². The molecular formula is C57H73FN14O7S. The van der Waals surface area contributed by atoms with Gasteiger partial charge < -0.3 is 50.3 Å². The summed E-state index contributed by atoms with van der Waals surface area (Å²) in [6, 6.07) is 11.7. The van der Waals surface area contributed by atoms with Crippen molar-refractivity contribution in [1.29, 1.82) is 5.26 Å². The first-order valence-electron chi connectivity index (χ1n) is 27.8. The van der Waals surface area contributed by atoms with Crippen molar-refractivity contribution in [2.45, 2.75) is 102 Å². The number of anilines is 2. The van der Waals surface area contributed by atoms with Gasteiger partial charge in [0.05, 0.1) is 92.3 Å². The molecule has 0 spiro atoms. The van der Waals surface area contributed by atoms with E-state index in [1.54, 1.807) is 49.4 Å². The first-order valence-corrected chi connectivity index (χ1v) is 28.8. The van der Waals surface area contributed by atoms with Crippen molar-refractivity contribution in [3.8, 4) is 17.3 Å². The molecule has 426 valence electrons. The lowest BCUT2D eigenvalue weighted by molar-refractivity contribution is -0.138. The van der Waals surface area contributed by atoms with Crippen molar-refractivity contribution < 1.29 is 37.8 Å². The molecule has 2 aromatic heterocycles. The Morgan fingerprint density at radius 2 is 1.71 bits per heavy atom. The second kappa shape index (κ2) is 26.2. The number of ketones is 1. The van der Waals surface area contributed by atoms with Crippen molar-refractivity contribution in [2.24, 2.45) is 10.9 Å². The van der Waals surface area contributed by atoms with Gasteiger partial charge in [-0.1, -0.05) is 29.8 Å². The number of nitrogens with one attached hydrogen (secondary N) is 2. The summed E-state index contributed by atoms with van der Waals surface area (Å²) in [5.41, 5.74) is 10.4. The topological polar surface area (TPSA) is 250 Å². The minimum absolute atomic E-state index is 0.0134. The first-order chi connectivity index (χ1) is 38.6. The Hall–Kier alpha value is -6.84. The highest BCUT2D eigenvalue weighted by molar-refractivity contribution is 8.14. The van der Waals surface area contributed by atoms with E-state index in [2.05, 4.69) is 31.7 Å². The average molecular weight is 1120 g/mol. The number of Topliss-reactive ketones (excluding diaryl/α,β-unsaturated/α-hetero) is 1. The number of ether oxygens (including phenoxy) is 2. The van der Waals surface area contributed by atoms with Gasteiger partial charge in [0, 0.05) is 57.2 Å². The molecule has 0 aliphatic carbocycles. The molecule has 4 amide bonds. The molecule has 5 atom stereocenters. The van der Waals surface area contributed by atoms with Crippen molar-refractivity contribution in [3.05, 3.63) is 88.1 Å². The van der Waals surface area contributed by atoms with E-state index in [1.165, 1.54) is 29.3 Å². The summed E-state index contributed by atoms with van der Waals surface area (Å²) in [6.07, 6.45) is 6.06. The summed E-state index contributed by atoms with van der Waals surface area (Å²) < 4.78 is 28.2. The summed E-state index contributed by atoms with van der Waals surface area (Å²) in [5, 5.41) is 21.9. The molecule has 2 bridgehead atoms. The van der Waals surface area contributed by atoms with Gasteiger partial charge >= 0.3 is 0 Å². The molecule has 0 saturated carbocycles. The smallest absolute Gasteiger partial charge is 0.254 e. The second-order valence-electron chi connectivity index (χ2n) is 21.4. The number of fused-ring (bicyclic) bond motifs is 8. The largest absolute Gasteiger partial charge is 0.381 e. The van der Waals surface area contributed by atoms with E-state index in [4.69, 9.17) is 25.2 Å². The van der Waals surface area contributed by atoms with E-state index >= 15 is 0 Å². The molecule has 2 aromatic carbocycles. The van der Waals surface area contributed by atoms with Gasteiger partial charge in [-0.05, 0) is 102 Å². The Morgan fingerprint density at radius 3 is 2.46 bits per heavy atom. The van der Waals surface area contributed by atoms with E-state index in [1.807, 2.05) is 41.0 Å². The Labute approximate surface area is 470 Å². The summed E-state index contributed by atoms with van der Waals surface area (Å²) in [4.78, 5) is 92.2. The van der Waals surface area contributed by atoms with Gasteiger partial charge in [-0.2, -0.15) is 10.4 Å². The number of carbonyl (C=O) groups is 5. The van der Waals surface area contributed by atoms with Crippen LogP contribution in [-0.2, 0) is 36.9 Å². The average Bonchev–Trinajstić information content (AvgIpc) is 4.32. The lowest BCUT2D eigenvalue weighted by atomic mass is 9.88. The Balaban J connectivity index is 0.726. The number of benzene rings is 2. The number of aliphatic imine (C=N–C) groups is 1. The number of hydrogen-bond acceptors (Lipinski definition) is 17. The van der Waals surface area contributed by atoms with E-state index in [0.29, 0.717) is 91.1 Å². The van der Waals surface area contributed by atoms with Crippen LogP contribution in [0.1, 0.15) is 101 Å². The summed E-state index contributed by atoms with van der Waals surface area (Å²) in [7, 11) is 5.06. The third-order valence-electron chi connectivity index (χ3n) is 16.1. The fourth-order valence-corrected chi connectivity index (χ4v) is 12.6. The van der Waals surface area contributed by atoms with Gasteiger partial charge in [0.1, 0.15) is 24.0 Å². The zero-order valence-electron chi connectivity index (χ0n) is 46.4. The molecule has 0 radical (unpaired) electrons. The number of aryl methyl sites for hydroxylation is 1. The molecule has 7 heterocycles. The van der Waals surface area contributed by atoms with Crippen molar-refractivity contribution in [2.75, 3.05) is 103 Å². The third-order valence-corrected chi connectivity index (χ3v) is 17.3. The van der Waals surface area contributed by atoms with Gasteiger partial charge in [0.25, 0.3) is 5.91 Å². The number of rotatable bonds is 20. The van der Waals surface area contributed by atoms with Crippen LogP contribution in [0.5, 0.6) is 0 Å². The van der Waals surface area contributed by atoms with E-state index in [-0.39, 0.29) is 91.6 Å². The number of aromatic nitrogens is 4. The number of likely N-dealkylation sites (tertiary alicyclic amines) is 2. The minimum atomic E-state index is -0.689. The molecule has 21 nitrogen and oxygen atoms in total. The molecule has 3 saturated heterocycles. The lowest BCUT2D eigenvalue weighted by Crippen LogP contribution is -2.58.